The van der Waals surface area contributed by atoms with E-state index in [1.54, 1.807) is 0 Å². The second-order valence-corrected chi connectivity index (χ2v) is 6.29. The van der Waals surface area contributed by atoms with E-state index in [0.717, 1.165) is 5.02 Å². The van der Waals surface area contributed by atoms with Crippen LogP contribution in [0.1, 0.15) is 24.8 Å². The summed E-state index contributed by atoms with van der Waals surface area (Å²) in [6.45, 7) is 6.93. The van der Waals surface area contributed by atoms with Crippen molar-refractivity contribution in [2.24, 2.45) is 5.41 Å². The average molecular weight is 265 g/mol. The predicted molar refractivity (Wildman–Crippen MR) is 77.6 cm³/mol. The third kappa shape index (κ3) is 2.24. The van der Waals surface area contributed by atoms with Gasteiger partial charge in [-0.2, -0.15) is 0 Å². The molecule has 18 heavy (non-hydrogen) atoms. The SMILES string of the molecule is Cc1ccc(Cl)cc1N1CCC2(CCNCC2)C1. The van der Waals surface area contributed by atoms with Gasteiger partial charge in [0.05, 0.1) is 0 Å². The Bertz CT molecular complexity index is 438. The number of nitrogens with zero attached hydrogens (tertiary/aromatic N) is 1. The molecule has 2 heterocycles. The molecule has 0 atom stereocenters. The Labute approximate surface area is 114 Å². The summed E-state index contributed by atoms with van der Waals surface area (Å²) < 4.78 is 0. The average Bonchev–Trinajstić information content (AvgIpc) is 2.77. The molecule has 0 radical (unpaired) electrons. The molecule has 0 bridgehead atoms. The van der Waals surface area contributed by atoms with Gasteiger partial charge >= 0.3 is 0 Å². The lowest BCUT2D eigenvalue weighted by Gasteiger charge is -2.34. The molecule has 0 saturated carbocycles. The van der Waals surface area contributed by atoms with Gasteiger partial charge in [0, 0.05) is 23.8 Å². The number of hydrogen-bond acceptors (Lipinski definition) is 2. The normalized spacial score (nSPS) is 22.7. The van der Waals surface area contributed by atoms with E-state index in [9.17, 15) is 0 Å². The summed E-state index contributed by atoms with van der Waals surface area (Å²) in [5.41, 5.74) is 3.23. The Morgan fingerprint density at radius 3 is 2.78 bits per heavy atom. The molecule has 1 spiro atoms. The van der Waals surface area contributed by atoms with Crippen molar-refractivity contribution in [1.82, 2.24) is 5.32 Å². The summed E-state index contributed by atoms with van der Waals surface area (Å²) >= 11 is 6.14. The van der Waals surface area contributed by atoms with Crippen molar-refractivity contribution in [3.05, 3.63) is 28.8 Å². The summed E-state index contributed by atoms with van der Waals surface area (Å²) in [5.74, 6) is 0. The highest BCUT2D eigenvalue weighted by Crippen LogP contribution is 2.41. The van der Waals surface area contributed by atoms with Gasteiger partial charge in [-0.3, -0.25) is 0 Å². The van der Waals surface area contributed by atoms with E-state index < -0.39 is 0 Å². The van der Waals surface area contributed by atoms with Crippen LogP contribution in [-0.4, -0.2) is 26.2 Å². The Balaban J connectivity index is 1.80. The van der Waals surface area contributed by atoms with Crippen LogP contribution in [0, 0.1) is 12.3 Å². The van der Waals surface area contributed by atoms with E-state index in [2.05, 4.69) is 29.3 Å². The summed E-state index contributed by atoms with van der Waals surface area (Å²) in [5, 5.41) is 4.32. The van der Waals surface area contributed by atoms with Gasteiger partial charge in [-0.1, -0.05) is 17.7 Å². The molecule has 3 heteroatoms. The molecule has 2 saturated heterocycles. The topological polar surface area (TPSA) is 15.3 Å². The number of halogens is 1. The van der Waals surface area contributed by atoms with E-state index in [4.69, 9.17) is 11.6 Å². The molecule has 2 fully saturated rings. The minimum atomic E-state index is 0.556. The zero-order chi connectivity index (χ0) is 12.6. The summed E-state index contributed by atoms with van der Waals surface area (Å²) in [4.78, 5) is 2.53. The van der Waals surface area contributed by atoms with Crippen LogP contribution in [0.2, 0.25) is 5.02 Å². The van der Waals surface area contributed by atoms with E-state index >= 15 is 0 Å². The molecule has 2 aliphatic rings. The maximum absolute atomic E-state index is 6.14. The molecule has 2 aliphatic heterocycles. The third-order valence-corrected chi connectivity index (χ3v) is 4.85. The highest BCUT2D eigenvalue weighted by molar-refractivity contribution is 6.30. The van der Waals surface area contributed by atoms with Crippen molar-refractivity contribution < 1.29 is 0 Å². The highest BCUT2D eigenvalue weighted by atomic mass is 35.5. The third-order valence-electron chi connectivity index (χ3n) is 4.61. The van der Waals surface area contributed by atoms with Crippen molar-refractivity contribution in [2.45, 2.75) is 26.2 Å². The number of anilines is 1. The zero-order valence-electron chi connectivity index (χ0n) is 11.0. The van der Waals surface area contributed by atoms with Gasteiger partial charge < -0.3 is 10.2 Å². The lowest BCUT2D eigenvalue weighted by molar-refractivity contribution is 0.232. The Kier molecular flexibility index (Phi) is 3.25. The maximum Gasteiger partial charge on any atom is 0.0426 e. The van der Waals surface area contributed by atoms with Crippen LogP contribution in [-0.2, 0) is 0 Å². The van der Waals surface area contributed by atoms with Gasteiger partial charge in [0.25, 0.3) is 0 Å². The predicted octanol–water partition coefficient (Wildman–Crippen LogP) is 3.23. The molecule has 0 amide bonds. The van der Waals surface area contributed by atoms with E-state index in [1.165, 1.54) is 56.7 Å². The van der Waals surface area contributed by atoms with Crippen LogP contribution in [0.15, 0.2) is 18.2 Å². The quantitative estimate of drug-likeness (QED) is 0.838. The van der Waals surface area contributed by atoms with Crippen LogP contribution in [0.4, 0.5) is 5.69 Å². The lowest BCUT2D eigenvalue weighted by atomic mass is 9.78. The smallest absolute Gasteiger partial charge is 0.0426 e. The molecule has 0 aliphatic carbocycles. The zero-order valence-corrected chi connectivity index (χ0v) is 11.8. The number of rotatable bonds is 1. The highest BCUT2D eigenvalue weighted by Gasteiger charge is 2.39. The van der Waals surface area contributed by atoms with Crippen LogP contribution >= 0.6 is 11.6 Å². The first kappa shape index (κ1) is 12.3. The molecule has 0 aromatic heterocycles. The van der Waals surface area contributed by atoms with Crippen molar-refractivity contribution in [2.75, 3.05) is 31.1 Å². The molecule has 3 rings (SSSR count). The van der Waals surface area contributed by atoms with Crippen molar-refractivity contribution >= 4 is 17.3 Å². The molecule has 2 nitrogen and oxygen atoms in total. The molecule has 0 unspecified atom stereocenters. The van der Waals surface area contributed by atoms with E-state index in [-0.39, 0.29) is 0 Å². The van der Waals surface area contributed by atoms with Crippen molar-refractivity contribution in [3.63, 3.8) is 0 Å². The van der Waals surface area contributed by atoms with Gasteiger partial charge in [-0.25, -0.2) is 0 Å². The molecular formula is C15H21ClN2. The first-order chi connectivity index (χ1) is 8.69. The van der Waals surface area contributed by atoms with E-state index in [0.29, 0.717) is 5.41 Å². The molecular weight excluding hydrogens is 244 g/mol. The molecule has 98 valence electrons. The fraction of sp³-hybridized carbons (Fsp3) is 0.600. The van der Waals surface area contributed by atoms with Crippen LogP contribution in [0.3, 0.4) is 0 Å². The number of piperidine rings is 1. The van der Waals surface area contributed by atoms with Gasteiger partial charge in [0.1, 0.15) is 0 Å². The van der Waals surface area contributed by atoms with E-state index in [1.807, 2.05) is 6.07 Å². The fourth-order valence-corrected chi connectivity index (χ4v) is 3.60. The van der Waals surface area contributed by atoms with Crippen molar-refractivity contribution in [3.8, 4) is 0 Å². The summed E-state index contributed by atoms with van der Waals surface area (Å²) in [6, 6.07) is 6.23. The minimum Gasteiger partial charge on any atom is -0.371 e. The second kappa shape index (κ2) is 4.75. The van der Waals surface area contributed by atoms with Gasteiger partial charge in [0.15, 0.2) is 0 Å². The van der Waals surface area contributed by atoms with Gasteiger partial charge in [-0.15, -0.1) is 0 Å². The standard InChI is InChI=1S/C15H21ClN2/c1-12-2-3-13(16)10-14(12)18-9-6-15(11-18)4-7-17-8-5-15/h2-3,10,17H,4-9,11H2,1H3. The summed E-state index contributed by atoms with van der Waals surface area (Å²) in [7, 11) is 0. The lowest BCUT2D eigenvalue weighted by Crippen LogP contribution is -2.38. The molecule has 1 aromatic rings. The van der Waals surface area contributed by atoms with Crippen molar-refractivity contribution in [1.29, 1.82) is 0 Å². The van der Waals surface area contributed by atoms with Gasteiger partial charge in [-0.05, 0) is 62.4 Å². The molecule has 1 aromatic carbocycles. The number of hydrogen-bond donors (Lipinski definition) is 1. The second-order valence-electron chi connectivity index (χ2n) is 5.85. The monoisotopic (exact) mass is 264 g/mol. The molecule has 1 N–H and O–H groups in total. The maximum atomic E-state index is 6.14. The number of aryl methyl sites for hydroxylation is 1. The number of nitrogens with one attached hydrogen (secondary N) is 1. The van der Waals surface area contributed by atoms with Crippen LogP contribution in [0.25, 0.3) is 0 Å². The minimum absolute atomic E-state index is 0.556. The Morgan fingerprint density at radius 1 is 1.22 bits per heavy atom. The first-order valence-electron chi connectivity index (χ1n) is 6.90. The largest absolute Gasteiger partial charge is 0.371 e. The number of benzene rings is 1. The summed E-state index contributed by atoms with van der Waals surface area (Å²) in [6.07, 6.45) is 3.98. The fourth-order valence-electron chi connectivity index (χ4n) is 3.43. The first-order valence-corrected chi connectivity index (χ1v) is 7.28. The van der Waals surface area contributed by atoms with Crippen LogP contribution < -0.4 is 10.2 Å². The van der Waals surface area contributed by atoms with Crippen LogP contribution in [0.5, 0.6) is 0 Å². The Hall–Kier alpha value is -0.730. The Morgan fingerprint density at radius 2 is 2.00 bits per heavy atom. The van der Waals surface area contributed by atoms with Gasteiger partial charge in [0.2, 0.25) is 0 Å².